The van der Waals surface area contributed by atoms with E-state index in [0.29, 0.717) is 18.1 Å². The van der Waals surface area contributed by atoms with Crippen molar-refractivity contribution in [3.05, 3.63) is 35.9 Å². The molecule has 100 valence electrons. The topological polar surface area (TPSA) is 52.3 Å². The molecular weight excluding hydrogens is 262 g/mol. The van der Waals surface area contributed by atoms with Gasteiger partial charge in [-0.05, 0) is 18.4 Å². The van der Waals surface area contributed by atoms with Crippen molar-refractivity contribution < 1.29 is 13.9 Å². The van der Waals surface area contributed by atoms with Crippen LogP contribution < -0.4 is 0 Å². The minimum Gasteiger partial charge on any atom is -0.464 e. The van der Waals surface area contributed by atoms with Crippen molar-refractivity contribution in [3.8, 4) is 11.3 Å². The molecule has 0 fully saturated rings. The number of carbonyl (C=O) groups is 1. The van der Waals surface area contributed by atoms with E-state index in [1.54, 1.807) is 11.8 Å². The smallest absolute Gasteiger partial charge is 0.360 e. The maximum absolute atomic E-state index is 11.7. The first kappa shape index (κ1) is 13.7. The number of aryl methyl sites for hydroxylation is 1. The summed E-state index contributed by atoms with van der Waals surface area (Å²) >= 11 is 1.66. The number of carbonyl (C=O) groups excluding carboxylic acids is 1. The highest BCUT2D eigenvalue weighted by Crippen LogP contribution is 2.27. The molecule has 0 aliphatic heterocycles. The van der Waals surface area contributed by atoms with E-state index in [-0.39, 0.29) is 5.69 Å². The van der Waals surface area contributed by atoms with E-state index >= 15 is 0 Å². The number of rotatable bonds is 4. The standard InChI is InChI=1S/C14H15NO3S/c1-4-11-15-12(14(16)17-2)13(18-11)9-5-7-10(19-3)8-6-9/h5-8H,4H2,1-3H3. The Morgan fingerprint density at radius 2 is 2.05 bits per heavy atom. The molecule has 0 saturated carbocycles. The Bertz CT molecular complexity index is 575. The molecule has 2 aromatic rings. The summed E-state index contributed by atoms with van der Waals surface area (Å²) in [6, 6.07) is 7.79. The Morgan fingerprint density at radius 1 is 1.37 bits per heavy atom. The third kappa shape index (κ3) is 2.81. The van der Waals surface area contributed by atoms with E-state index in [1.165, 1.54) is 7.11 Å². The van der Waals surface area contributed by atoms with Crippen molar-refractivity contribution >= 4 is 17.7 Å². The normalized spacial score (nSPS) is 10.5. The van der Waals surface area contributed by atoms with E-state index in [2.05, 4.69) is 4.98 Å². The van der Waals surface area contributed by atoms with E-state index in [4.69, 9.17) is 9.15 Å². The highest BCUT2D eigenvalue weighted by molar-refractivity contribution is 7.98. The molecule has 0 spiro atoms. The summed E-state index contributed by atoms with van der Waals surface area (Å²) in [6.07, 6.45) is 2.64. The predicted octanol–water partition coefficient (Wildman–Crippen LogP) is 3.41. The van der Waals surface area contributed by atoms with Gasteiger partial charge < -0.3 is 9.15 Å². The number of methoxy groups -OCH3 is 1. The SMILES string of the molecule is CCc1nc(C(=O)OC)c(-c2ccc(SC)cc2)o1. The van der Waals surface area contributed by atoms with Crippen molar-refractivity contribution in [2.75, 3.05) is 13.4 Å². The van der Waals surface area contributed by atoms with Gasteiger partial charge in [0.25, 0.3) is 0 Å². The first-order chi connectivity index (χ1) is 9.19. The third-order valence-electron chi connectivity index (χ3n) is 2.70. The van der Waals surface area contributed by atoms with Gasteiger partial charge in [-0.25, -0.2) is 9.78 Å². The molecule has 0 amide bonds. The second-order valence-electron chi connectivity index (χ2n) is 3.86. The number of esters is 1. The zero-order chi connectivity index (χ0) is 13.8. The summed E-state index contributed by atoms with van der Waals surface area (Å²) in [7, 11) is 1.34. The number of thioether (sulfide) groups is 1. The van der Waals surface area contributed by atoms with Crippen LogP contribution in [0, 0.1) is 0 Å². The molecule has 0 aliphatic rings. The molecule has 0 N–H and O–H groups in total. The Morgan fingerprint density at radius 3 is 2.58 bits per heavy atom. The average molecular weight is 277 g/mol. The lowest BCUT2D eigenvalue weighted by atomic mass is 10.1. The van der Waals surface area contributed by atoms with E-state index < -0.39 is 5.97 Å². The first-order valence-electron chi connectivity index (χ1n) is 5.92. The molecule has 0 atom stereocenters. The molecular formula is C14H15NO3S. The molecule has 19 heavy (non-hydrogen) atoms. The van der Waals surface area contributed by atoms with Gasteiger partial charge in [-0.3, -0.25) is 0 Å². The first-order valence-corrected chi connectivity index (χ1v) is 7.14. The molecule has 0 bridgehead atoms. The lowest BCUT2D eigenvalue weighted by Gasteiger charge is -2.01. The van der Waals surface area contributed by atoms with Crippen LogP contribution in [0.15, 0.2) is 33.6 Å². The van der Waals surface area contributed by atoms with Crippen LogP contribution in [0.2, 0.25) is 0 Å². The number of hydrogen-bond acceptors (Lipinski definition) is 5. The Hall–Kier alpha value is -1.75. The molecule has 0 unspecified atom stereocenters. The lowest BCUT2D eigenvalue weighted by Crippen LogP contribution is -2.03. The second kappa shape index (κ2) is 5.93. The van der Waals surface area contributed by atoms with Gasteiger partial charge in [0.2, 0.25) is 0 Å². The van der Waals surface area contributed by atoms with Crippen molar-refractivity contribution in [3.63, 3.8) is 0 Å². The predicted molar refractivity (Wildman–Crippen MR) is 74.4 cm³/mol. The van der Waals surface area contributed by atoms with Gasteiger partial charge in [0, 0.05) is 16.9 Å². The fourth-order valence-electron chi connectivity index (χ4n) is 1.69. The summed E-state index contributed by atoms with van der Waals surface area (Å²) < 4.78 is 10.4. The fraction of sp³-hybridized carbons (Fsp3) is 0.286. The number of hydrogen-bond donors (Lipinski definition) is 0. The van der Waals surface area contributed by atoms with Gasteiger partial charge in [-0.1, -0.05) is 19.1 Å². The largest absolute Gasteiger partial charge is 0.464 e. The summed E-state index contributed by atoms with van der Waals surface area (Å²) in [5.74, 6) is 0.521. The second-order valence-corrected chi connectivity index (χ2v) is 4.74. The van der Waals surface area contributed by atoms with Crippen molar-refractivity contribution in [1.29, 1.82) is 0 Å². The van der Waals surface area contributed by atoms with Gasteiger partial charge in [0.05, 0.1) is 7.11 Å². The minimum absolute atomic E-state index is 0.233. The molecule has 1 aromatic carbocycles. The number of ether oxygens (including phenoxy) is 1. The summed E-state index contributed by atoms with van der Waals surface area (Å²) in [6.45, 7) is 1.92. The molecule has 0 saturated heterocycles. The summed E-state index contributed by atoms with van der Waals surface area (Å²) in [5.41, 5.74) is 1.06. The van der Waals surface area contributed by atoms with Gasteiger partial charge in [-0.15, -0.1) is 11.8 Å². The van der Waals surface area contributed by atoms with Crippen LogP contribution in [0.4, 0.5) is 0 Å². The molecule has 4 nitrogen and oxygen atoms in total. The van der Waals surface area contributed by atoms with Gasteiger partial charge >= 0.3 is 5.97 Å². The molecule has 1 heterocycles. The highest BCUT2D eigenvalue weighted by atomic mass is 32.2. The van der Waals surface area contributed by atoms with E-state index in [1.807, 2.05) is 37.4 Å². The molecule has 0 aliphatic carbocycles. The quantitative estimate of drug-likeness (QED) is 0.633. The third-order valence-corrected chi connectivity index (χ3v) is 3.45. The number of aromatic nitrogens is 1. The zero-order valence-electron chi connectivity index (χ0n) is 11.1. The van der Waals surface area contributed by atoms with Crippen LogP contribution >= 0.6 is 11.8 Å². The van der Waals surface area contributed by atoms with Crippen LogP contribution in [-0.4, -0.2) is 24.3 Å². The maximum atomic E-state index is 11.7. The van der Waals surface area contributed by atoms with Crippen molar-refractivity contribution in [2.24, 2.45) is 0 Å². The summed E-state index contributed by atoms with van der Waals surface area (Å²) in [4.78, 5) is 17.0. The highest BCUT2D eigenvalue weighted by Gasteiger charge is 2.21. The van der Waals surface area contributed by atoms with E-state index in [9.17, 15) is 4.79 Å². The molecule has 1 aromatic heterocycles. The van der Waals surface area contributed by atoms with Crippen LogP contribution in [0.25, 0.3) is 11.3 Å². The number of oxazole rings is 1. The minimum atomic E-state index is -0.479. The van der Waals surface area contributed by atoms with Crippen molar-refractivity contribution in [1.82, 2.24) is 4.98 Å². The van der Waals surface area contributed by atoms with Gasteiger partial charge in [0.1, 0.15) is 0 Å². The van der Waals surface area contributed by atoms with Crippen molar-refractivity contribution in [2.45, 2.75) is 18.2 Å². The Balaban J connectivity index is 2.46. The molecule has 2 rings (SSSR count). The van der Waals surface area contributed by atoms with Crippen LogP contribution in [0.5, 0.6) is 0 Å². The monoisotopic (exact) mass is 277 g/mol. The van der Waals surface area contributed by atoms with Gasteiger partial charge in [0.15, 0.2) is 17.3 Å². The zero-order valence-corrected chi connectivity index (χ0v) is 11.9. The fourth-order valence-corrected chi connectivity index (χ4v) is 2.10. The van der Waals surface area contributed by atoms with Crippen LogP contribution in [-0.2, 0) is 11.2 Å². The Labute approximate surface area is 116 Å². The maximum Gasteiger partial charge on any atom is 0.360 e. The summed E-state index contributed by atoms with van der Waals surface area (Å²) in [5, 5.41) is 0. The van der Waals surface area contributed by atoms with Crippen LogP contribution in [0.3, 0.4) is 0 Å². The molecule has 5 heteroatoms. The van der Waals surface area contributed by atoms with Crippen LogP contribution in [0.1, 0.15) is 23.3 Å². The Kier molecular flexibility index (Phi) is 4.27. The molecule has 0 radical (unpaired) electrons. The number of nitrogens with zero attached hydrogens (tertiary/aromatic N) is 1. The lowest BCUT2D eigenvalue weighted by molar-refractivity contribution is 0.0595. The average Bonchev–Trinajstić information content (AvgIpc) is 2.90. The number of benzene rings is 1. The van der Waals surface area contributed by atoms with E-state index in [0.717, 1.165) is 10.5 Å². The van der Waals surface area contributed by atoms with Gasteiger partial charge in [-0.2, -0.15) is 0 Å².